The highest BCUT2D eigenvalue weighted by Crippen LogP contribution is 2.35. The lowest BCUT2D eigenvalue weighted by Gasteiger charge is -2.20. The molecule has 8 nitrogen and oxygen atoms in total. The molecule has 1 aliphatic rings. The van der Waals surface area contributed by atoms with Crippen molar-refractivity contribution in [3.8, 4) is 11.1 Å². The van der Waals surface area contributed by atoms with Gasteiger partial charge in [-0.3, -0.25) is 15.1 Å². The number of nitrogens with one attached hydrogen (secondary N) is 2. The predicted molar refractivity (Wildman–Crippen MR) is 124 cm³/mol. The third kappa shape index (κ3) is 5.24. The molecule has 172 valence electrons. The predicted octanol–water partition coefficient (Wildman–Crippen LogP) is 4.90. The van der Waals surface area contributed by atoms with Crippen molar-refractivity contribution in [3.05, 3.63) is 42.2 Å². The van der Waals surface area contributed by atoms with E-state index in [4.69, 9.17) is 4.74 Å². The number of hydrogen-bond donors (Lipinski definition) is 2. The zero-order chi connectivity index (χ0) is 23.8. The van der Waals surface area contributed by atoms with E-state index in [0.717, 1.165) is 23.1 Å². The average Bonchev–Trinajstić information content (AvgIpc) is 3.48. The Morgan fingerprint density at radius 3 is 2.61 bits per heavy atom. The number of aryl methyl sites for hydroxylation is 1. The van der Waals surface area contributed by atoms with Crippen molar-refractivity contribution in [3.63, 3.8) is 0 Å². The third-order valence-corrected chi connectivity index (χ3v) is 5.23. The Bertz CT molecular complexity index is 1220. The quantitative estimate of drug-likeness (QED) is 0.572. The van der Waals surface area contributed by atoms with Crippen LogP contribution in [0.15, 0.2) is 36.7 Å². The van der Waals surface area contributed by atoms with E-state index in [1.54, 1.807) is 45.3 Å². The summed E-state index contributed by atoms with van der Waals surface area (Å²) in [6, 6.07) is 7.29. The van der Waals surface area contributed by atoms with Crippen LogP contribution in [0.3, 0.4) is 0 Å². The fraction of sp³-hybridized carbons (Fsp3) is 0.375. The summed E-state index contributed by atoms with van der Waals surface area (Å²) in [7, 11) is 0. The molecule has 1 fully saturated rings. The number of ether oxygens (including phenoxy) is 1. The van der Waals surface area contributed by atoms with Crippen LogP contribution in [0.25, 0.3) is 22.0 Å². The lowest BCUT2D eigenvalue weighted by atomic mass is 9.98. The first-order chi connectivity index (χ1) is 15.6. The first-order valence-electron chi connectivity index (χ1n) is 10.8. The Balaban J connectivity index is 1.76. The Kier molecular flexibility index (Phi) is 5.97. The maximum atomic E-state index is 13.2. The number of pyridine rings is 1. The van der Waals surface area contributed by atoms with Crippen LogP contribution in [0.4, 0.5) is 20.7 Å². The van der Waals surface area contributed by atoms with Gasteiger partial charge in [-0.2, -0.15) is 0 Å². The van der Waals surface area contributed by atoms with Crippen molar-refractivity contribution in [1.82, 2.24) is 15.2 Å². The molecule has 1 aromatic carbocycles. The van der Waals surface area contributed by atoms with Crippen LogP contribution in [-0.2, 0) is 16.0 Å². The third-order valence-electron chi connectivity index (χ3n) is 5.23. The van der Waals surface area contributed by atoms with Crippen molar-refractivity contribution in [1.29, 1.82) is 0 Å². The number of rotatable bonds is 5. The Labute approximate surface area is 191 Å². The molecular formula is C24H26FN5O3. The van der Waals surface area contributed by atoms with Gasteiger partial charge in [-0.15, -0.1) is 10.2 Å². The molecule has 2 heterocycles. The number of fused-ring (bicyclic) bond motifs is 1. The summed E-state index contributed by atoms with van der Waals surface area (Å²) in [4.78, 5) is 28.9. The van der Waals surface area contributed by atoms with E-state index < -0.39 is 29.7 Å². The molecule has 2 atom stereocenters. The molecule has 0 bridgehead atoms. The lowest BCUT2D eigenvalue weighted by molar-refractivity contribution is -0.117. The molecule has 0 radical (unpaired) electrons. The molecule has 0 aliphatic heterocycles. The maximum Gasteiger partial charge on any atom is 0.412 e. The number of carbonyl (C=O) groups is 2. The molecule has 2 amide bonds. The second-order valence-corrected chi connectivity index (χ2v) is 9.05. The Morgan fingerprint density at radius 2 is 1.94 bits per heavy atom. The summed E-state index contributed by atoms with van der Waals surface area (Å²) < 4.78 is 18.6. The molecule has 1 saturated carbocycles. The largest absolute Gasteiger partial charge is 0.444 e. The second kappa shape index (κ2) is 8.73. The SMILES string of the molecule is CCc1ccncc1-c1cc(NC(=O)OC(C)(C)C)c2nnc(NC(=O)C3CC3F)cc2c1. The van der Waals surface area contributed by atoms with E-state index in [2.05, 4.69) is 32.7 Å². The molecule has 2 aromatic heterocycles. The maximum absolute atomic E-state index is 13.2. The average molecular weight is 452 g/mol. The monoisotopic (exact) mass is 451 g/mol. The number of halogens is 1. The number of alkyl halides is 1. The Morgan fingerprint density at radius 1 is 1.18 bits per heavy atom. The van der Waals surface area contributed by atoms with E-state index in [1.165, 1.54) is 0 Å². The summed E-state index contributed by atoms with van der Waals surface area (Å²) in [5.41, 5.74) is 2.99. The fourth-order valence-corrected chi connectivity index (χ4v) is 3.53. The van der Waals surface area contributed by atoms with Crippen LogP contribution in [-0.4, -0.2) is 39.0 Å². The van der Waals surface area contributed by atoms with Gasteiger partial charge in [-0.1, -0.05) is 6.92 Å². The summed E-state index contributed by atoms with van der Waals surface area (Å²) in [5, 5.41) is 14.3. The zero-order valence-corrected chi connectivity index (χ0v) is 19.0. The van der Waals surface area contributed by atoms with Gasteiger partial charge in [0, 0.05) is 23.3 Å². The summed E-state index contributed by atoms with van der Waals surface area (Å²) in [5.74, 6) is -0.838. The molecule has 0 saturated heterocycles. The van der Waals surface area contributed by atoms with Crippen LogP contribution in [0.2, 0.25) is 0 Å². The standard InChI is InChI=1S/C24H26FN5O3/c1-5-13-6-7-26-12-17(13)14-8-15-10-20(28-22(31)16-11-18(16)25)29-30-21(15)19(9-14)27-23(32)33-24(2,3)4/h6-10,12,16,18H,5,11H2,1-4H3,(H,27,32)(H,28,29,31). The van der Waals surface area contributed by atoms with Gasteiger partial charge in [0.1, 0.15) is 17.3 Å². The first-order valence-corrected chi connectivity index (χ1v) is 10.8. The topological polar surface area (TPSA) is 106 Å². The Hall–Kier alpha value is -3.62. The number of carbonyl (C=O) groups excluding carboxylic acids is 2. The second-order valence-electron chi connectivity index (χ2n) is 9.05. The smallest absolute Gasteiger partial charge is 0.412 e. The van der Waals surface area contributed by atoms with Gasteiger partial charge in [-0.25, -0.2) is 9.18 Å². The zero-order valence-electron chi connectivity index (χ0n) is 19.0. The molecule has 1 aliphatic carbocycles. The van der Waals surface area contributed by atoms with E-state index >= 15 is 0 Å². The number of hydrogen-bond acceptors (Lipinski definition) is 6. The van der Waals surface area contributed by atoms with Crippen molar-refractivity contribution in [2.24, 2.45) is 5.92 Å². The number of benzene rings is 1. The van der Waals surface area contributed by atoms with Crippen LogP contribution in [0, 0.1) is 5.92 Å². The number of amides is 2. The van der Waals surface area contributed by atoms with Gasteiger partial charge in [0.2, 0.25) is 5.91 Å². The molecular weight excluding hydrogens is 425 g/mol. The number of anilines is 2. The van der Waals surface area contributed by atoms with Crippen molar-refractivity contribution in [2.45, 2.75) is 52.3 Å². The fourth-order valence-electron chi connectivity index (χ4n) is 3.53. The van der Waals surface area contributed by atoms with Crippen molar-refractivity contribution < 1.29 is 18.7 Å². The number of nitrogens with zero attached hydrogens (tertiary/aromatic N) is 3. The van der Waals surface area contributed by atoms with E-state index in [0.29, 0.717) is 16.6 Å². The molecule has 3 aromatic rings. The van der Waals surface area contributed by atoms with Gasteiger partial charge >= 0.3 is 6.09 Å². The van der Waals surface area contributed by atoms with Gasteiger partial charge in [0.15, 0.2) is 5.82 Å². The summed E-state index contributed by atoms with van der Waals surface area (Å²) >= 11 is 0. The van der Waals surface area contributed by atoms with E-state index in [-0.39, 0.29) is 12.2 Å². The minimum atomic E-state index is -1.10. The van der Waals surface area contributed by atoms with Crippen molar-refractivity contribution >= 4 is 34.4 Å². The minimum absolute atomic E-state index is 0.217. The van der Waals surface area contributed by atoms with Crippen LogP contribution < -0.4 is 10.6 Å². The molecule has 0 spiro atoms. The van der Waals surface area contributed by atoms with Crippen LogP contribution in [0.1, 0.15) is 39.7 Å². The van der Waals surface area contributed by atoms with Crippen LogP contribution >= 0.6 is 0 Å². The first kappa shape index (κ1) is 22.6. The highest BCUT2D eigenvalue weighted by atomic mass is 19.1. The highest BCUT2D eigenvalue weighted by molar-refractivity contribution is 6.02. The summed E-state index contributed by atoms with van der Waals surface area (Å²) in [6.07, 6.45) is 2.80. The molecule has 2 N–H and O–H groups in total. The lowest BCUT2D eigenvalue weighted by Crippen LogP contribution is -2.27. The summed E-state index contributed by atoms with van der Waals surface area (Å²) in [6.45, 7) is 7.39. The van der Waals surface area contributed by atoms with Gasteiger partial charge < -0.3 is 10.1 Å². The molecule has 33 heavy (non-hydrogen) atoms. The molecule has 4 rings (SSSR count). The van der Waals surface area contributed by atoms with Gasteiger partial charge in [-0.05, 0) is 69.0 Å². The molecule has 9 heteroatoms. The van der Waals surface area contributed by atoms with Gasteiger partial charge in [0.05, 0.1) is 11.6 Å². The molecule has 2 unspecified atom stereocenters. The minimum Gasteiger partial charge on any atom is -0.444 e. The highest BCUT2D eigenvalue weighted by Gasteiger charge is 2.43. The van der Waals surface area contributed by atoms with E-state index in [1.807, 2.05) is 12.1 Å². The van der Waals surface area contributed by atoms with E-state index in [9.17, 15) is 14.0 Å². The van der Waals surface area contributed by atoms with Crippen molar-refractivity contribution in [2.75, 3.05) is 10.6 Å². The normalized spacial score (nSPS) is 17.5. The number of aromatic nitrogens is 3. The van der Waals surface area contributed by atoms with Gasteiger partial charge in [0.25, 0.3) is 0 Å². The van der Waals surface area contributed by atoms with Crippen LogP contribution in [0.5, 0.6) is 0 Å².